The lowest BCUT2D eigenvalue weighted by atomic mass is 10.3. The summed E-state index contributed by atoms with van der Waals surface area (Å²) in [6.45, 7) is 1.97. The average molecular weight is 181 g/mol. The lowest BCUT2D eigenvalue weighted by molar-refractivity contribution is 0.0527. The number of aryl methyl sites for hydroxylation is 1. The monoisotopic (exact) mass is 181 g/mol. The van der Waals surface area contributed by atoms with Crippen molar-refractivity contribution in [1.29, 1.82) is 5.39 Å². The first-order valence-corrected chi connectivity index (χ1v) is 3.75. The number of ether oxygens (including phenoxy) is 1. The van der Waals surface area contributed by atoms with Crippen LogP contribution in [-0.2, 0) is 11.8 Å². The highest BCUT2D eigenvalue weighted by Crippen LogP contribution is 2.18. The van der Waals surface area contributed by atoms with Crippen molar-refractivity contribution in [2.45, 2.75) is 6.92 Å². The van der Waals surface area contributed by atoms with Crippen LogP contribution in [-0.4, -0.2) is 22.4 Å². The maximum atomic E-state index is 11.2. The van der Waals surface area contributed by atoms with E-state index < -0.39 is 5.97 Å². The zero-order valence-electron chi connectivity index (χ0n) is 7.39. The van der Waals surface area contributed by atoms with Crippen LogP contribution in [0.3, 0.4) is 0 Å². The molecule has 1 rings (SSSR count). The quantitative estimate of drug-likeness (QED) is 0.505. The highest BCUT2D eigenvalue weighted by atomic mass is 16.5. The number of hydrogen-bond donors (Lipinski definition) is 0. The van der Waals surface area contributed by atoms with Crippen LogP contribution in [0.2, 0.25) is 0 Å². The number of carbonyl (C=O) groups is 1. The van der Waals surface area contributed by atoms with Crippen LogP contribution in [0.5, 0.6) is 0 Å². The van der Waals surface area contributed by atoms with Gasteiger partial charge >= 0.3 is 11.8 Å². The summed E-state index contributed by atoms with van der Waals surface area (Å²) in [5.74, 6) is -0.443. The molecule has 0 aliphatic carbocycles. The molecular weight excluding hydrogens is 172 g/mol. The molecule has 0 aliphatic rings. The summed E-state index contributed by atoms with van der Waals surface area (Å²) in [6.07, 6.45) is 1.30. The SMILES string of the molecule is CCOC(=O)c1cnn(C)c1[N+]#N. The molecule has 0 spiro atoms. The van der Waals surface area contributed by atoms with Gasteiger partial charge < -0.3 is 4.74 Å². The lowest BCUT2D eigenvalue weighted by Crippen LogP contribution is -2.03. The van der Waals surface area contributed by atoms with Crippen molar-refractivity contribution in [3.05, 3.63) is 16.7 Å². The molecule has 1 heterocycles. The minimum atomic E-state index is -0.539. The third kappa shape index (κ3) is 1.64. The van der Waals surface area contributed by atoms with Crippen molar-refractivity contribution in [3.8, 4) is 0 Å². The molecule has 0 saturated heterocycles. The van der Waals surface area contributed by atoms with E-state index in [2.05, 4.69) is 10.1 Å². The second-order valence-electron chi connectivity index (χ2n) is 2.33. The molecule has 0 fully saturated rings. The Morgan fingerprint density at radius 2 is 2.54 bits per heavy atom. The Balaban J connectivity index is 3.02. The summed E-state index contributed by atoms with van der Waals surface area (Å²) in [5.41, 5.74) is 0.159. The van der Waals surface area contributed by atoms with Crippen LogP contribution < -0.4 is 0 Å². The molecule has 1 aromatic heterocycles. The van der Waals surface area contributed by atoms with Gasteiger partial charge in [0.25, 0.3) is 0 Å². The van der Waals surface area contributed by atoms with Crippen LogP contribution in [0, 0.1) is 5.39 Å². The Morgan fingerprint density at radius 1 is 1.85 bits per heavy atom. The summed E-state index contributed by atoms with van der Waals surface area (Å²) < 4.78 is 6.00. The van der Waals surface area contributed by atoms with Gasteiger partial charge in [-0.3, -0.25) is 0 Å². The second kappa shape index (κ2) is 3.67. The maximum absolute atomic E-state index is 11.2. The molecule has 0 radical (unpaired) electrons. The third-order valence-corrected chi connectivity index (χ3v) is 1.50. The van der Waals surface area contributed by atoms with E-state index in [1.165, 1.54) is 10.9 Å². The van der Waals surface area contributed by atoms with Crippen molar-refractivity contribution in [3.63, 3.8) is 0 Å². The summed E-state index contributed by atoms with van der Waals surface area (Å²) in [7, 11) is 1.57. The van der Waals surface area contributed by atoms with Gasteiger partial charge in [-0.25, -0.2) is 4.79 Å². The van der Waals surface area contributed by atoms with E-state index in [0.29, 0.717) is 0 Å². The first kappa shape index (κ1) is 9.19. The molecule has 0 saturated carbocycles. The number of nitrogens with zero attached hydrogens (tertiary/aromatic N) is 4. The van der Waals surface area contributed by atoms with E-state index in [-0.39, 0.29) is 18.0 Å². The van der Waals surface area contributed by atoms with Crippen molar-refractivity contribution in [2.75, 3.05) is 6.61 Å². The van der Waals surface area contributed by atoms with E-state index in [1.807, 2.05) is 0 Å². The molecule has 0 unspecified atom stereocenters. The van der Waals surface area contributed by atoms with Crippen LogP contribution in [0.4, 0.5) is 5.82 Å². The third-order valence-electron chi connectivity index (χ3n) is 1.50. The van der Waals surface area contributed by atoms with Crippen molar-refractivity contribution >= 4 is 11.8 Å². The Labute approximate surface area is 74.7 Å². The van der Waals surface area contributed by atoms with Crippen LogP contribution in [0.25, 0.3) is 4.98 Å². The fourth-order valence-corrected chi connectivity index (χ4v) is 0.903. The van der Waals surface area contributed by atoms with Crippen LogP contribution >= 0.6 is 0 Å². The molecule has 0 aromatic carbocycles. The molecular formula is C7H9N4O2+. The zero-order chi connectivity index (χ0) is 9.84. The minimum Gasteiger partial charge on any atom is -0.462 e. The second-order valence-corrected chi connectivity index (χ2v) is 2.33. The first-order chi connectivity index (χ1) is 6.20. The standard InChI is InChI=1S/C7H9N4O2/c1-3-13-7(12)5-4-9-11(2)6(5)10-8/h4H,3H2,1-2H3/q+1. The summed E-state index contributed by atoms with van der Waals surface area (Å²) in [6, 6.07) is 0. The van der Waals surface area contributed by atoms with Gasteiger partial charge in [0.2, 0.25) is 0 Å². The van der Waals surface area contributed by atoms with Crippen molar-refractivity contribution in [2.24, 2.45) is 7.05 Å². The molecule has 6 nitrogen and oxygen atoms in total. The van der Waals surface area contributed by atoms with Gasteiger partial charge in [-0.15, -0.1) is 4.68 Å². The highest BCUT2D eigenvalue weighted by Gasteiger charge is 2.26. The molecule has 1 aromatic rings. The van der Waals surface area contributed by atoms with E-state index in [4.69, 9.17) is 10.1 Å². The normalized spacial score (nSPS) is 9.31. The van der Waals surface area contributed by atoms with Gasteiger partial charge in [0.15, 0.2) is 5.56 Å². The van der Waals surface area contributed by atoms with E-state index in [0.717, 1.165) is 0 Å². The number of carbonyl (C=O) groups excluding carboxylic acids is 1. The molecule has 0 atom stereocenters. The number of rotatable bonds is 2. The molecule has 68 valence electrons. The average Bonchev–Trinajstić information content (AvgIpc) is 2.47. The first-order valence-electron chi connectivity index (χ1n) is 3.75. The highest BCUT2D eigenvalue weighted by molar-refractivity contribution is 5.94. The fraction of sp³-hybridized carbons (Fsp3) is 0.429. The maximum Gasteiger partial charge on any atom is 0.460 e. The van der Waals surface area contributed by atoms with Gasteiger partial charge in [-0.2, -0.15) is 0 Å². The number of hydrogen-bond acceptors (Lipinski definition) is 4. The fourth-order valence-electron chi connectivity index (χ4n) is 0.903. The smallest absolute Gasteiger partial charge is 0.460 e. The number of esters is 1. The summed E-state index contributed by atoms with van der Waals surface area (Å²) in [4.78, 5) is 14.1. The molecule has 0 amide bonds. The molecule has 0 aliphatic heterocycles. The van der Waals surface area contributed by atoms with Crippen LogP contribution in [0.1, 0.15) is 17.3 Å². The van der Waals surface area contributed by atoms with Gasteiger partial charge in [0, 0.05) is 4.98 Å². The predicted octanol–water partition coefficient (Wildman–Crippen LogP) is 1.08. The minimum absolute atomic E-state index is 0.0958. The molecule has 0 N–H and O–H groups in total. The Bertz CT molecular complexity index is 363. The summed E-state index contributed by atoms with van der Waals surface area (Å²) >= 11 is 0. The number of aromatic nitrogens is 2. The lowest BCUT2D eigenvalue weighted by Gasteiger charge is -1.94. The van der Waals surface area contributed by atoms with Gasteiger partial charge in [0.05, 0.1) is 18.2 Å². The van der Waals surface area contributed by atoms with E-state index in [1.54, 1.807) is 14.0 Å². The largest absolute Gasteiger partial charge is 0.462 e. The zero-order valence-corrected chi connectivity index (χ0v) is 7.39. The molecule has 13 heavy (non-hydrogen) atoms. The topological polar surface area (TPSA) is 72.3 Å². The van der Waals surface area contributed by atoms with Gasteiger partial charge in [-0.05, 0) is 6.92 Å². The van der Waals surface area contributed by atoms with E-state index >= 15 is 0 Å². The van der Waals surface area contributed by atoms with Crippen LogP contribution in [0.15, 0.2) is 6.20 Å². The molecule has 0 bridgehead atoms. The molecule has 6 heteroatoms. The predicted molar refractivity (Wildman–Crippen MR) is 43.9 cm³/mol. The summed E-state index contributed by atoms with van der Waals surface area (Å²) in [5, 5.41) is 12.3. The van der Waals surface area contributed by atoms with E-state index in [9.17, 15) is 4.79 Å². The van der Waals surface area contributed by atoms with Gasteiger partial charge in [-0.1, -0.05) is 5.10 Å². The number of diazo groups is 1. The van der Waals surface area contributed by atoms with Crippen molar-refractivity contribution < 1.29 is 9.53 Å². The Kier molecular flexibility index (Phi) is 2.59. The van der Waals surface area contributed by atoms with Gasteiger partial charge in [0.1, 0.15) is 7.05 Å². The Hall–Kier alpha value is -1.90. The van der Waals surface area contributed by atoms with Crippen molar-refractivity contribution in [1.82, 2.24) is 9.78 Å². The Morgan fingerprint density at radius 3 is 3.08 bits per heavy atom.